The van der Waals surface area contributed by atoms with E-state index in [1.54, 1.807) is 12.1 Å². The van der Waals surface area contributed by atoms with Crippen molar-refractivity contribution >= 4 is 12.1 Å². The number of nitrogens with zero attached hydrogens (tertiary/aromatic N) is 2. The molecule has 3 rings (SSSR count). The Morgan fingerprint density at radius 2 is 1.90 bits per heavy atom. The van der Waals surface area contributed by atoms with Crippen LogP contribution in [0.2, 0.25) is 0 Å². The number of carbonyl (C=O) groups is 1. The third-order valence-electron chi connectivity index (χ3n) is 3.06. The summed E-state index contributed by atoms with van der Waals surface area (Å²) in [6.07, 6.45) is 0.636. The van der Waals surface area contributed by atoms with Crippen LogP contribution < -0.4 is 5.32 Å². The zero-order valence-electron chi connectivity index (χ0n) is 11.4. The molecule has 3 aromatic rings. The summed E-state index contributed by atoms with van der Waals surface area (Å²) in [6, 6.07) is 15.1. The van der Waals surface area contributed by atoms with Gasteiger partial charge in [-0.1, -0.05) is 28.9 Å². The highest BCUT2D eigenvalue weighted by Crippen LogP contribution is 2.23. The van der Waals surface area contributed by atoms with Gasteiger partial charge < -0.3 is 9.84 Å². The molecular weight excluding hydrogens is 266 g/mol. The van der Waals surface area contributed by atoms with Gasteiger partial charge in [-0.25, -0.2) is 0 Å². The maximum absolute atomic E-state index is 10.4. The molecule has 2 aromatic carbocycles. The van der Waals surface area contributed by atoms with Crippen LogP contribution in [0.25, 0.3) is 22.8 Å². The van der Waals surface area contributed by atoms with E-state index in [4.69, 9.17) is 4.52 Å². The molecule has 0 aliphatic rings. The van der Waals surface area contributed by atoms with E-state index < -0.39 is 0 Å². The second-order valence-electron chi connectivity index (χ2n) is 4.63. The van der Waals surface area contributed by atoms with E-state index in [2.05, 4.69) is 15.5 Å². The highest BCUT2D eigenvalue weighted by molar-refractivity contribution is 5.72. The van der Waals surface area contributed by atoms with Gasteiger partial charge >= 0.3 is 0 Å². The molecule has 0 saturated heterocycles. The first kappa shape index (κ1) is 13.1. The third-order valence-corrected chi connectivity index (χ3v) is 3.06. The Morgan fingerprint density at radius 3 is 2.62 bits per heavy atom. The molecule has 1 aromatic heterocycles. The van der Waals surface area contributed by atoms with Crippen molar-refractivity contribution in [2.45, 2.75) is 6.92 Å². The maximum atomic E-state index is 10.4. The van der Waals surface area contributed by atoms with E-state index in [0.717, 1.165) is 16.7 Å². The summed E-state index contributed by atoms with van der Waals surface area (Å²) in [6.45, 7) is 2.02. The number of amides is 1. The van der Waals surface area contributed by atoms with E-state index in [9.17, 15) is 4.79 Å². The van der Waals surface area contributed by atoms with Gasteiger partial charge in [-0.3, -0.25) is 4.79 Å². The van der Waals surface area contributed by atoms with Crippen LogP contribution in [0.1, 0.15) is 5.56 Å². The van der Waals surface area contributed by atoms with Crippen molar-refractivity contribution in [3.63, 3.8) is 0 Å². The Hall–Kier alpha value is -2.95. The third kappa shape index (κ3) is 2.81. The van der Waals surface area contributed by atoms with Crippen LogP contribution in [0, 0.1) is 6.92 Å². The first-order chi connectivity index (χ1) is 10.3. The predicted molar refractivity (Wildman–Crippen MR) is 79.6 cm³/mol. The highest BCUT2D eigenvalue weighted by atomic mass is 16.5. The van der Waals surface area contributed by atoms with Crippen molar-refractivity contribution in [2.24, 2.45) is 0 Å². The summed E-state index contributed by atoms with van der Waals surface area (Å²) >= 11 is 0. The molecule has 1 amide bonds. The van der Waals surface area contributed by atoms with Gasteiger partial charge in [0.05, 0.1) is 0 Å². The number of aryl methyl sites for hydroxylation is 1. The average molecular weight is 279 g/mol. The normalized spacial score (nSPS) is 10.3. The summed E-state index contributed by atoms with van der Waals surface area (Å²) in [5, 5.41) is 6.58. The van der Waals surface area contributed by atoms with Gasteiger partial charge in [-0.05, 0) is 37.3 Å². The van der Waals surface area contributed by atoms with Gasteiger partial charge in [0.15, 0.2) is 0 Å². The van der Waals surface area contributed by atoms with E-state index in [1.807, 2.05) is 43.3 Å². The summed E-state index contributed by atoms with van der Waals surface area (Å²) in [5.41, 5.74) is 3.58. The molecule has 1 N–H and O–H groups in total. The predicted octanol–water partition coefficient (Wildman–Crippen LogP) is 3.28. The number of hydrogen-bond donors (Lipinski definition) is 1. The number of anilines is 1. The van der Waals surface area contributed by atoms with Gasteiger partial charge in [0.25, 0.3) is 5.89 Å². The van der Waals surface area contributed by atoms with Crippen molar-refractivity contribution < 1.29 is 9.32 Å². The SMILES string of the molecule is Cc1cccc(-c2noc(-c3ccc(NC=O)cc3)n2)c1. The number of aromatic nitrogens is 2. The monoisotopic (exact) mass is 279 g/mol. The molecule has 0 fully saturated rings. The number of benzene rings is 2. The molecule has 0 unspecified atom stereocenters. The Morgan fingerprint density at radius 1 is 1.10 bits per heavy atom. The average Bonchev–Trinajstić information content (AvgIpc) is 2.98. The summed E-state index contributed by atoms with van der Waals surface area (Å²) in [4.78, 5) is 14.8. The summed E-state index contributed by atoms with van der Waals surface area (Å²) < 4.78 is 5.29. The number of hydrogen-bond acceptors (Lipinski definition) is 4. The summed E-state index contributed by atoms with van der Waals surface area (Å²) in [7, 11) is 0. The minimum absolute atomic E-state index is 0.448. The van der Waals surface area contributed by atoms with Crippen LogP contribution in [0.5, 0.6) is 0 Å². The molecule has 0 saturated carbocycles. The van der Waals surface area contributed by atoms with Crippen LogP contribution in [0.15, 0.2) is 53.1 Å². The summed E-state index contributed by atoms with van der Waals surface area (Å²) in [5.74, 6) is 1.01. The van der Waals surface area contributed by atoms with Crippen LogP contribution in [0.4, 0.5) is 5.69 Å². The molecule has 21 heavy (non-hydrogen) atoms. The fourth-order valence-electron chi connectivity index (χ4n) is 2.02. The minimum atomic E-state index is 0.448. The molecule has 0 atom stereocenters. The zero-order valence-corrected chi connectivity index (χ0v) is 11.4. The lowest BCUT2D eigenvalue weighted by Crippen LogP contribution is -1.92. The number of rotatable bonds is 4. The Bertz CT molecular complexity index is 763. The Labute approximate surface area is 121 Å². The van der Waals surface area contributed by atoms with Crippen LogP contribution in [-0.2, 0) is 4.79 Å². The van der Waals surface area contributed by atoms with Crippen molar-refractivity contribution in [1.82, 2.24) is 10.1 Å². The van der Waals surface area contributed by atoms with E-state index >= 15 is 0 Å². The molecule has 0 radical (unpaired) electrons. The van der Waals surface area contributed by atoms with Crippen molar-refractivity contribution in [2.75, 3.05) is 5.32 Å². The lowest BCUT2D eigenvalue weighted by atomic mass is 10.1. The molecule has 0 bridgehead atoms. The second kappa shape index (κ2) is 5.58. The lowest BCUT2D eigenvalue weighted by Gasteiger charge is -1.98. The van der Waals surface area contributed by atoms with Gasteiger partial charge in [-0.2, -0.15) is 4.98 Å². The van der Waals surface area contributed by atoms with Crippen LogP contribution >= 0.6 is 0 Å². The molecule has 5 nitrogen and oxygen atoms in total. The van der Waals surface area contributed by atoms with Gasteiger partial charge in [0, 0.05) is 16.8 Å². The zero-order chi connectivity index (χ0) is 14.7. The maximum Gasteiger partial charge on any atom is 0.258 e. The Kier molecular flexibility index (Phi) is 3.47. The number of carbonyl (C=O) groups excluding carboxylic acids is 1. The quantitative estimate of drug-likeness (QED) is 0.744. The first-order valence-electron chi connectivity index (χ1n) is 6.47. The molecule has 0 aliphatic heterocycles. The molecule has 0 spiro atoms. The molecule has 1 heterocycles. The van der Waals surface area contributed by atoms with Crippen LogP contribution in [0.3, 0.4) is 0 Å². The van der Waals surface area contributed by atoms with E-state index in [-0.39, 0.29) is 0 Å². The fraction of sp³-hybridized carbons (Fsp3) is 0.0625. The van der Waals surface area contributed by atoms with Gasteiger partial charge in [-0.15, -0.1) is 0 Å². The van der Waals surface area contributed by atoms with Crippen LogP contribution in [-0.4, -0.2) is 16.6 Å². The number of nitrogens with one attached hydrogen (secondary N) is 1. The minimum Gasteiger partial charge on any atom is -0.334 e. The molecule has 104 valence electrons. The van der Waals surface area contributed by atoms with E-state index in [0.29, 0.717) is 23.8 Å². The van der Waals surface area contributed by atoms with Gasteiger partial charge in [0.2, 0.25) is 12.2 Å². The molecular formula is C16H13N3O2. The smallest absolute Gasteiger partial charge is 0.258 e. The van der Waals surface area contributed by atoms with E-state index in [1.165, 1.54) is 0 Å². The topological polar surface area (TPSA) is 68.0 Å². The lowest BCUT2D eigenvalue weighted by molar-refractivity contribution is -0.105. The van der Waals surface area contributed by atoms with Crippen molar-refractivity contribution in [3.8, 4) is 22.8 Å². The highest BCUT2D eigenvalue weighted by Gasteiger charge is 2.10. The first-order valence-corrected chi connectivity index (χ1v) is 6.47. The van der Waals surface area contributed by atoms with Gasteiger partial charge in [0.1, 0.15) is 0 Å². The Balaban J connectivity index is 1.89. The van der Waals surface area contributed by atoms with Crippen molar-refractivity contribution in [3.05, 3.63) is 54.1 Å². The molecule has 5 heteroatoms. The van der Waals surface area contributed by atoms with Crippen molar-refractivity contribution in [1.29, 1.82) is 0 Å². The largest absolute Gasteiger partial charge is 0.334 e. The standard InChI is InChI=1S/C16H13N3O2/c1-11-3-2-4-13(9-11)15-18-16(21-19-15)12-5-7-14(8-6-12)17-10-20/h2-10H,1H3,(H,17,20). The molecule has 0 aliphatic carbocycles. The fourth-order valence-corrected chi connectivity index (χ4v) is 2.02. The second-order valence-corrected chi connectivity index (χ2v) is 4.63.